The Balaban J connectivity index is 1.27. The van der Waals surface area contributed by atoms with Gasteiger partial charge in [-0.1, -0.05) is 24.3 Å². The van der Waals surface area contributed by atoms with Crippen molar-refractivity contribution < 1.29 is 8.42 Å². The van der Waals surface area contributed by atoms with Crippen molar-refractivity contribution in [3.8, 4) is 0 Å². The smallest absolute Gasteiger partial charge is 0.241 e. The molecule has 25 heavy (non-hydrogen) atoms. The van der Waals surface area contributed by atoms with E-state index in [9.17, 15) is 8.42 Å². The Morgan fingerprint density at radius 3 is 2.52 bits per heavy atom. The molecule has 5 heteroatoms. The minimum Gasteiger partial charge on any atom is -0.398 e. The zero-order chi connectivity index (χ0) is 17.2. The van der Waals surface area contributed by atoms with Crippen LogP contribution in [0.15, 0.2) is 41.3 Å². The van der Waals surface area contributed by atoms with Crippen molar-refractivity contribution in [3.05, 3.63) is 36.4 Å². The van der Waals surface area contributed by atoms with Crippen LogP contribution in [0.3, 0.4) is 0 Å². The van der Waals surface area contributed by atoms with Crippen molar-refractivity contribution in [1.29, 1.82) is 0 Å². The Hall–Kier alpha value is -1.59. The van der Waals surface area contributed by atoms with Crippen LogP contribution in [-0.2, 0) is 10.0 Å². The number of hydrogen-bond donors (Lipinski definition) is 2. The lowest BCUT2D eigenvalue weighted by Crippen LogP contribution is -2.69. The summed E-state index contributed by atoms with van der Waals surface area (Å²) in [6.45, 7) is 0.519. The van der Waals surface area contributed by atoms with Crippen molar-refractivity contribution in [1.82, 2.24) is 4.72 Å². The maximum Gasteiger partial charge on any atom is 0.241 e. The highest BCUT2D eigenvalue weighted by molar-refractivity contribution is 7.89. The van der Waals surface area contributed by atoms with Gasteiger partial charge in [-0.2, -0.15) is 0 Å². The maximum atomic E-state index is 12.8. The molecule has 0 heterocycles. The fourth-order valence-corrected chi connectivity index (χ4v) is 7.30. The standard InChI is InChI=1S/C20H24N2O2S/c21-17-6-1-5-16-15(17)4-2-7-18(16)25(23,24)22-9-3-8-20-11-13-10-14(12-20)19(13)20/h1-2,4-7,13-14,19,22H,3,8-12,21H2. The van der Waals surface area contributed by atoms with Gasteiger partial charge in [-0.25, -0.2) is 13.1 Å². The Morgan fingerprint density at radius 2 is 1.80 bits per heavy atom. The van der Waals surface area contributed by atoms with E-state index in [1.54, 1.807) is 24.3 Å². The van der Waals surface area contributed by atoms with Crippen LogP contribution in [0, 0.1) is 23.2 Å². The molecule has 3 aliphatic rings. The Labute approximate surface area is 148 Å². The van der Waals surface area contributed by atoms with Gasteiger partial charge in [-0.15, -0.1) is 0 Å². The van der Waals surface area contributed by atoms with Crippen LogP contribution in [0.2, 0.25) is 0 Å². The quantitative estimate of drug-likeness (QED) is 0.614. The van der Waals surface area contributed by atoms with E-state index in [1.165, 1.54) is 25.7 Å². The molecule has 5 rings (SSSR count). The minimum atomic E-state index is -3.51. The van der Waals surface area contributed by atoms with Gasteiger partial charge < -0.3 is 5.73 Å². The molecule has 0 radical (unpaired) electrons. The van der Waals surface area contributed by atoms with E-state index in [1.807, 2.05) is 12.1 Å². The number of nitrogens with one attached hydrogen (secondary N) is 1. The number of rotatable bonds is 6. The second kappa shape index (κ2) is 5.21. The molecule has 3 aliphatic carbocycles. The third kappa shape index (κ3) is 2.18. The van der Waals surface area contributed by atoms with Crippen LogP contribution in [0.25, 0.3) is 10.8 Å². The number of nitrogens with two attached hydrogens (primary N) is 1. The fourth-order valence-electron chi connectivity index (χ4n) is 6.01. The first kappa shape index (κ1) is 15.6. The van der Waals surface area contributed by atoms with Gasteiger partial charge in [0.1, 0.15) is 0 Å². The van der Waals surface area contributed by atoms with Gasteiger partial charge in [0.2, 0.25) is 10.0 Å². The molecular formula is C20H24N2O2S. The predicted molar refractivity (Wildman–Crippen MR) is 99.5 cm³/mol. The average molecular weight is 356 g/mol. The summed E-state index contributed by atoms with van der Waals surface area (Å²) in [6, 6.07) is 10.7. The largest absolute Gasteiger partial charge is 0.398 e. The lowest BCUT2D eigenvalue weighted by molar-refractivity contribution is -0.273. The number of benzene rings is 2. The second-order valence-electron chi connectivity index (χ2n) is 8.25. The number of anilines is 1. The number of hydrogen-bond acceptors (Lipinski definition) is 3. The Bertz CT molecular complexity index is 941. The van der Waals surface area contributed by atoms with Gasteiger partial charge in [0, 0.05) is 23.0 Å². The molecule has 0 aliphatic heterocycles. The molecule has 3 saturated carbocycles. The molecule has 0 aromatic heterocycles. The van der Waals surface area contributed by atoms with Crippen LogP contribution in [-0.4, -0.2) is 15.0 Å². The molecule has 4 nitrogen and oxygen atoms in total. The molecule has 2 aromatic rings. The van der Waals surface area contributed by atoms with Gasteiger partial charge in [0.15, 0.2) is 0 Å². The predicted octanol–water partition coefficient (Wildman–Crippen LogP) is 3.53. The molecule has 2 aromatic carbocycles. The van der Waals surface area contributed by atoms with E-state index in [2.05, 4.69) is 4.72 Å². The third-order valence-electron chi connectivity index (χ3n) is 7.01. The highest BCUT2D eigenvalue weighted by atomic mass is 32.2. The van der Waals surface area contributed by atoms with Crippen molar-refractivity contribution in [2.45, 2.75) is 37.0 Å². The SMILES string of the molecule is Nc1cccc2c(S(=O)(=O)NCCCC34CC5CC(C3)C54)cccc12. The van der Waals surface area contributed by atoms with Crippen LogP contribution in [0.1, 0.15) is 32.1 Å². The summed E-state index contributed by atoms with van der Waals surface area (Å²) < 4.78 is 28.3. The first-order chi connectivity index (χ1) is 12.0. The zero-order valence-corrected chi connectivity index (χ0v) is 15.1. The van der Waals surface area contributed by atoms with Crippen molar-refractivity contribution in [2.24, 2.45) is 23.2 Å². The van der Waals surface area contributed by atoms with Gasteiger partial charge in [-0.05, 0) is 67.4 Å². The maximum absolute atomic E-state index is 12.8. The van der Waals surface area contributed by atoms with E-state index >= 15 is 0 Å². The molecule has 2 atom stereocenters. The first-order valence-electron chi connectivity index (χ1n) is 9.27. The van der Waals surface area contributed by atoms with Crippen LogP contribution in [0.5, 0.6) is 0 Å². The number of nitrogen functional groups attached to an aromatic ring is 1. The summed E-state index contributed by atoms with van der Waals surface area (Å²) in [5.74, 6) is 3.01. The third-order valence-corrected chi connectivity index (χ3v) is 8.53. The molecule has 3 N–H and O–H groups in total. The molecular weight excluding hydrogens is 332 g/mol. The summed E-state index contributed by atoms with van der Waals surface area (Å²) in [5, 5.41) is 1.47. The number of fused-ring (bicyclic) bond motifs is 1. The lowest BCUT2D eigenvalue weighted by Gasteiger charge is -2.76. The summed E-state index contributed by atoms with van der Waals surface area (Å²) in [5.41, 5.74) is 7.17. The second-order valence-corrected chi connectivity index (χ2v) is 9.99. The highest BCUT2D eigenvalue weighted by Crippen LogP contribution is 2.78. The Kier molecular flexibility index (Phi) is 3.26. The molecule has 3 fully saturated rings. The van der Waals surface area contributed by atoms with Gasteiger partial charge >= 0.3 is 0 Å². The molecule has 0 amide bonds. The van der Waals surface area contributed by atoms with Gasteiger partial charge in [-0.3, -0.25) is 0 Å². The molecule has 2 unspecified atom stereocenters. The summed E-state index contributed by atoms with van der Waals surface area (Å²) in [7, 11) is -3.51. The van der Waals surface area contributed by atoms with E-state index in [0.717, 1.165) is 29.6 Å². The van der Waals surface area contributed by atoms with E-state index in [-0.39, 0.29) is 0 Å². The van der Waals surface area contributed by atoms with E-state index in [0.29, 0.717) is 27.9 Å². The van der Waals surface area contributed by atoms with Gasteiger partial charge in [0.25, 0.3) is 0 Å². The minimum absolute atomic E-state index is 0.321. The lowest BCUT2D eigenvalue weighted by atomic mass is 9.28. The normalized spacial score (nSPS) is 32.4. The summed E-state index contributed by atoms with van der Waals surface area (Å²) in [6.07, 6.45) is 6.36. The van der Waals surface area contributed by atoms with Crippen LogP contribution in [0.4, 0.5) is 5.69 Å². The van der Waals surface area contributed by atoms with E-state index in [4.69, 9.17) is 5.73 Å². The van der Waals surface area contributed by atoms with E-state index < -0.39 is 10.0 Å². The van der Waals surface area contributed by atoms with Gasteiger partial charge in [0.05, 0.1) is 4.90 Å². The highest BCUT2D eigenvalue weighted by Gasteiger charge is 2.70. The molecule has 0 saturated heterocycles. The monoisotopic (exact) mass is 356 g/mol. The molecule has 0 spiro atoms. The summed E-state index contributed by atoms with van der Waals surface area (Å²) in [4.78, 5) is 0.321. The fraction of sp³-hybridized carbons (Fsp3) is 0.500. The average Bonchev–Trinajstić information content (AvgIpc) is 2.58. The molecule has 132 valence electrons. The zero-order valence-electron chi connectivity index (χ0n) is 14.2. The molecule has 0 bridgehead atoms. The Morgan fingerprint density at radius 1 is 1.08 bits per heavy atom. The first-order valence-corrected chi connectivity index (χ1v) is 10.8. The van der Waals surface area contributed by atoms with Crippen LogP contribution >= 0.6 is 0 Å². The summed E-state index contributed by atoms with van der Waals surface area (Å²) >= 11 is 0. The topological polar surface area (TPSA) is 72.2 Å². The number of sulfonamides is 1. The van der Waals surface area contributed by atoms with Crippen molar-refractivity contribution in [2.75, 3.05) is 12.3 Å². The van der Waals surface area contributed by atoms with Crippen molar-refractivity contribution in [3.63, 3.8) is 0 Å². The van der Waals surface area contributed by atoms with Crippen molar-refractivity contribution >= 4 is 26.5 Å². The van der Waals surface area contributed by atoms with Crippen LogP contribution < -0.4 is 10.5 Å².